The van der Waals surface area contributed by atoms with Crippen LogP contribution in [-0.4, -0.2) is 52.7 Å². The Hall–Kier alpha value is -2.41. The number of hydrogen-bond acceptors (Lipinski definition) is 5. The summed E-state index contributed by atoms with van der Waals surface area (Å²) in [6.07, 6.45) is 6.68. The molecule has 0 radical (unpaired) electrons. The topological polar surface area (TPSA) is 74.5 Å². The molecule has 2 saturated heterocycles. The van der Waals surface area contributed by atoms with Crippen molar-refractivity contribution >= 4 is 11.7 Å². The molecule has 7 heteroatoms. The average Bonchev–Trinajstić information content (AvgIpc) is 3.29. The molecule has 1 unspecified atom stereocenters. The van der Waals surface area contributed by atoms with Crippen LogP contribution in [0.1, 0.15) is 73.3 Å². The number of urea groups is 1. The van der Waals surface area contributed by atoms with Crippen LogP contribution in [0.2, 0.25) is 0 Å². The van der Waals surface area contributed by atoms with Gasteiger partial charge in [-0.2, -0.15) is 4.98 Å². The first-order valence-corrected chi connectivity index (χ1v) is 11.6. The highest BCUT2D eigenvalue weighted by molar-refractivity contribution is 5.89. The van der Waals surface area contributed by atoms with E-state index in [2.05, 4.69) is 42.3 Å². The third-order valence-corrected chi connectivity index (χ3v) is 7.82. The maximum atomic E-state index is 12.8. The zero-order chi connectivity index (χ0) is 21.6. The van der Waals surface area contributed by atoms with Gasteiger partial charge in [-0.1, -0.05) is 17.6 Å². The van der Waals surface area contributed by atoms with E-state index >= 15 is 0 Å². The number of nitrogens with one attached hydrogen (secondary N) is 1. The maximum absolute atomic E-state index is 12.8. The molecule has 1 atom stereocenters. The van der Waals surface area contributed by atoms with Gasteiger partial charge in [0.1, 0.15) is 0 Å². The minimum Gasteiger partial charge on any atom is -0.339 e. The lowest BCUT2D eigenvalue weighted by molar-refractivity contribution is 0.128. The molecule has 3 heterocycles. The van der Waals surface area contributed by atoms with Crippen LogP contribution in [-0.2, 0) is 0 Å². The average molecular weight is 424 g/mol. The number of benzene rings is 1. The Kier molecular flexibility index (Phi) is 5.24. The first-order chi connectivity index (χ1) is 14.9. The number of rotatable bonds is 3. The van der Waals surface area contributed by atoms with Gasteiger partial charge in [0.05, 0.1) is 6.04 Å². The quantitative estimate of drug-likeness (QED) is 0.778. The molecular formula is C24H33N5O2. The Morgan fingerprint density at radius 2 is 1.97 bits per heavy atom. The molecule has 1 N–H and O–H groups in total. The summed E-state index contributed by atoms with van der Waals surface area (Å²) in [5, 5.41) is 7.40. The second-order valence-electron chi connectivity index (χ2n) is 9.97. The summed E-state index contributed by atoms with van der Waals surface area (Å²) in [4.78, 5) is 21.9. The lowest BCUT2D eigenvalue weighted by Gasteiger charge is -2.39. The molecule has 31 heavy (non-hydrogen) atoms. The summed E-state index contributed by atoms with van der Waals surface area (Å²) >= 11 is 0. The van der Waals surface area contributed by atoms with Crippen molar-refractivity contribution in [1.29, 1.82) is 0 Å². The summed E-state index contributed by atoms with van der Waals surface area (Å²) in [5.41, 5.74) is 3.53. The Morgan fingerprint density at radius 1 is 1.19 bits per heavy atom. The van der Waals surface area contributed by atoms with Crippen LogP contribution in [0.5, 0.6) is 0 Å². The highest BCUT2D eigenvalue weighted by Crippen LogP contribution is 2.48. The van der Waals surface area contributed by atoms with Gasteiger partial charge in [0.2, 0.25) is 5.89 Å². The number of piperidine rings is 1. The van der Waals surface area contributed by atoms with Crippen LogP contribution in [0, 0.1) is 19.3 Å². The second kappa shape index (κ2) is 7.93. The highest BCUT2D eigenvalue weighted by Gasteiger charge is 2.46. The molecule has 7 nitrogen and oxygen atoms in total. The van der Waals surface area contributed by atoms with E-state index in [1.54, 1.807) is 0 Å². The van der Waals surface area contributed by atoms with Gasteiger partial charge in [-0.3, -0.25) is 4.90 Å². The first kappa shape index (κ1) is 20.5. The molecule has 5 rings (SSSR count). The van der Waals surface area contributed by atoms with E-state index in [1.165, 1.54) is 30.4 Å². The van der Waals surface area contributed by atoms with Crippen LogP contribution < -0.4 is 5.32 Å². The van der Waals surface area contributed by atoms with Crippen molar-refractivity contribution < 1.29 is 9.32 Å². The molecule has 2 aromatic rings. The number of aryl methyl sites for hydroxylation is 2. The molecule has 166 valence electrons. The van der Waals surface area contributed by atoms with E-state index in [0.717, 1.165) is 56.3 Å². The molecular weight excluding hydrogens is 390 g/mol. The molecule has 1 aromatic heterocycles. The summed E-state index contributed by atoms with van der Waals surface area (Å²) in [7, 11) is 2.16. The number of anilines is 1. The Balaban J connectivity index is 1.19. The van der Waals surface area contributed by atoms with E-state index in [9.17, 15) is 4.79 Å². The summed E-state index contributed by atoms with van der Waals surface area (Å²) in [6.45, 7) is 6.76. The molecule has 1 spiro atoms. The standard InChI is InChI=1S/C24H33N5O2/c1-16-7-8-19(13-17(16)2)25-23(30)29-11-9-24(10-12-29)14-20(28(3)15-24)21-26-22(31-27-21)18-5-4-6-18/h7-8,13,18,20H,4-6,9-12,14-15H2,1-3H3,(H,25,30). The molecule has 2 amide bonds. The number of carbonyl (C=O) groups excluding carboxylic acids is 1. The van der Waals surface area contributed by atoms with Crippen molar-refractivity contribution in [2.75, 3.05) is 32.0 Å². The number of carbonyl (C=O) groups is 1. The van der Waals surface area contributed by atoms with E-state index in [1.807, 2.05) is 17.0 Å². The van der Waals surface area contributed by atoms with Crippen molar-refractivity contribution in [1.82, 2.24) is 19.9 Å². The van der Waals surface area contributed by atoms with Gasteiger partial charge in [-0.05, 0) is 81.7 Å². The number of amides is 2. The van der Waals surface area contributed by atoms with Crippen molar-refractivity contribution in [3.8, 4) is 0 Å². The second-order valence-corrected chi connectivity index (χ2v) is 9.97. The lowest BCUT2D eigenvalue weighted by Crippen LogP contribution is -2.45. The van der Waals surface area contributed by atoms with Crippen molar-refractivity contribution in [2.45, 2.75) is 64.3 Å². The van der Waals surface area contributed by atoms with Crippen LogP contribution >= 0.6 is 0 Å². The van der Waals surface area contributed by atoms with Gasteiger partial charge in [0.25, 0.3) is 0 Å². The van der Waals surface area contributed by atoms with E-state index in [4.69, 9.17) is 9.51 Å². The Morgan fingerprint density at radius 3 is 2.65 bits per heavy atom. The van der Waals surface area contributed by atoms with E-state index in [-0.39, 0.29) is 17.5 Å². The van der Waals surface area contributed by atoms with Gasteiger partial charge in [0.15, 0.2) is 5.82 Å². The molecule has 2 aliphatic heterocycles. The molecule has 1 aliphatic carbocycles. The first-order valence-electron chi connectivity index (χ1n) is 11.6. The molecule has 1 saturated carbocycles. The Bertz CT molecular complexity index is 959. The smallest absolute Gasteiger partial charge is 0.321 e. The van der Waals surface area contributed by atoms with Crippen molar-refractivity contribution in [3.05, 3.63) is 41.0 Å². The Labute approximate surface area is 184 Å². The lowest BCUT2D eigenvalue weighted by atomic mass is 9.76. The van der Waals surface area contributed by atoms with Gasteiger partial charge in [0, 0.05) is 31.2 Å². The summed E-state index contributed by atoms with van der Waals surface area (Å²) in [5.74, 6) is 2.14. The molecule has 3 fully saturated rings. The third-order valence-electron chi connectivity index (χ3n) is 7.82. The van der Waals surface area contributed by atoms with E-state index < -0.39 is 0 Å². The monoisotopic (exact) mass is 423 g/mol. The maximum Gasteiger partial charge on any atom is 0.321 e. The van der Waals surface area contributed by atoms with Gasteiger partial charge in [-0.15, -0.1) is 0 Å². The van der Waals surface area contributed by atoms with Crippen molar-refractivity contribution in [3.63, 3.8) is 0 Å². The van der Waals surface area contributed by atoms with Crippen LogP contribution in [0.25, 0.3) is 0 Å². The van der Waals surface area contributed by atoms with E-state index in [0.29, 0.717) is 5.92 Å². The third kappa shape index (κ3) is 3.95. The zero-order valence-corrected chi connectivity index (χ0v) is 18.9. The molecule has 1 aromatic carbocycles. The minimum absolute atomic E-state index is 0.00399. The zero-order valence-electron chi connectivity index (χ0n) is 18.9. The summed E-state index contributed by atoms with van der Waals surface area (Å²) in [6, 6.07) is 6.29. The van der Waals surface area contributed by atoms with Crippen LogP contribution in [0.4, 0.5) is 10.5 Å². The largest absolute Gasteiger partial charge is 0.339 e. The normalized spacial score (nSPS) is 23.8. The minimum atomic E-state index is 0.00399. The number of aromatic nitrogens is 2. The van der Waals surface area contributed by atoms with Crippen molar-refractivity contribution in [2.24, 2.45) is 5.41 Å². The van der Waals surface area contributed by atoms with Gasteiger partial charge in [-0.25, -0.2) is 4.79 Å². The van der Waals surface area contributed by atoms with Crippen LogP contribution in [0.3, 0.4) is 0 Å². The number of hydrogen-bond donors (Lipinski definition) is 1. The fraction of sp³-hybridized carbons (Fsp3) is 0.625. The van der Waals surface area contributed by atoms with Gasteiger partial charge >= 0.3 is 6.03 Å². The molecule has 0 bridgehead atoms. The SMILES string of the molecule is Cc1ccc(NC(=O)N2CCC3(CC2)CC(c2noc(C4CCC4)n2)N(C)C3)cc1C. The summed E-state index contributed by atoms with van der Waals surface area (Å²) < 4.78 is 5.58. The predicted octanol–water partition coefficient (Wildman–Crippen LogP) is 4.64. The van der Waals surface area contributed by atoms with Crippen LogP contribution in [0.15, 0.2) is 22.7 Å². The molecule has 3 aliphatic rings. The fourth-order valence-corrected chi connectivity index (χ4v) is 5.33. The number of nitrogens with zero attached hydrogens (tertiary/aromatic N) is 4. The predicted molar refractivity (Wildman–Crippen MR) is 119 cm³/mol. The highest BCUT2D eigenvalue weighted by atomic mass is 16.5. The van der Waals surface area contributed by atoms with Gasteiger partial charge < -0.3 is 14.7 Å². The number of likely N-dealkylation sites (tertiary alicyclic amines) is 2. The fourth-order valence-electron chi connectivity index (χ4n) is 5.33.